The van der Waals surface area contributed by atoms with E-state index in [4.69, 9.17) is 19.3 Å². The third-order valence-electron chi connectivity index (χ3n) is 3.24. The van der Waals surface area contributed by atoms with Gasteiger partial charge in [0.05, 0.1) is 0 Å². The molecule has 126 valence electrons. The molecule has 0 amide bonds. The van der Waals surface area contributed by atoms with E-state index in [0.717, 1.165) is 0 Å². The predicted molar refractivity (Wildman–Crippen MR) is 92.6 cm³/mol. The van der Waals surface area contributed by atoms with Gasteiger partial charge in [0.15, 0.2) is 29.6 Å². The monoisotopic (exact) mass is 336 g/mol. The highest BCUT2D eigenvalue weighted by atomic mass is 16.5. The van der Waals surface area contributed by atoms with Crippen molar-refractivity contribution in [3.63, 3.8) is 0 Å². The fourth-order valence-electron chi connectivity index (χ4n) is 2.15. The Morgan fingerprint density at radius 1 is 0.680 bits per heavy atom. The van der Waals surface area contributed by atoms with Crippen molar-refractivity contribution in [3.8, 4) is 28.7 Å². The van der Waals surface area contributed by atoms with Crippen molar-refractivity contribution in [3.05, 3.63) is 78.9 Å². The smallest absolute Gasteiger partial charge is 0.341 e. The van der Waals surface area contributed by atoms with E-state index >= 15 is 0 Å². The van der Waals surface area contributed by atoms with Crippen LogP contribution in [0.1, 0.15) is 0 Å². The number of benzene rings is 3. The van der Waals surface area contributed by atoms with Crippen molar-refractivity contribution in [1.82, 2.24) is 0 Å². The third-order valence-corrected chi connectivity index (χ3v) is 3.24. The average molecular weight is 336 g/mol. The zero-order valence-corrected chi connectivity index (χ0v) is 13.3. The number of ether oxygens (including phenoxy) is 3. The number of para-hydroxylation sites is 5. The van der Waals surface area contributed by atoms with Gasteiger partial charge in [-0.2, -0.15) is 0 Å². The average Bonchev–Trinajstić information content (AvgIpc) is 2.63. The first-order valence-electron chi connectivity index (χ1n) is 7.66. The van der Waals surface area contributed by atoms with E-state index < -0.39 is 12.6 Å². The van der Waals surface area contributed by atoms with Crippen LogP contribution in [0.4, 0.5) is 0 Å². The molecule has 3 aromatic rings. The van der Waals surface area contributed by atoms with E-state index in [1.807, 2.05) is 42.5 Å². The van der Waals surface area contributed by atoms with Gasteiger partial charge in [-0.1, -0.05) is 42.5 Å². The highest BCUT2D eigenvalue weighted by Crippen LogP contribution is 2.37. The number of carboxylic acid groups (broad SMARTS) is 1. The molecule has 0 bridgehead atoms. The first kappa shape index (κ1) is 16.4. The van der Waals surface area contributed by atoms with Gasteiger partial charge in [-0.25, -0.2) is 4.79 Å². The second kappa shape index (κ2) is 7.88. The Balaban J connectivity index is 1.83. The summed E-state index contributed by atoms with van der Waals surface area (Å²) in [4.78, 5) is 10.7. The normalized spacial score (nSPS) is 10.1. The van der Waals surface area contributed by atoms with Crippen LogP contribution in [0.3, 0.4) is 0 Å². The highest BCUT2D eigenvalue weighted by molar-refractivity contribution is 5.68. The molecule has 0 spiro atoms. The van der Waals surface area contributed by atoms with Crippen LogP contribution in [0.2, 0.25) is 0 Å². The number of hydrogen-bond acceptors (Lipinski definition) is 4. The maximum atomic E-state index is 10.7. The van der Waals surface area contributed by atoms with E-state index in [1.165, 1.54) is 0 Å². The fourth-order valence-corrected chi connectivity index (χ4v) is 2.15. The first-order chi connectivity index (χ1) is 12.2. The summed E-state index contributed by atoms with van der Waals surface area (Å²) in [7, 11) is 0. The van der Waals surface area contributed by atoms with Crippen molar-refractivity contribution in [2.45, 2.75) is 0 Å². The van der Waals surface area contributed by atoms with Crippen LogP contribution in [0, 0.1) is 0 Å². The molecule has 5 nitrogen and oxygen atoms in total. The Labute approximate surface area is 145 Å². The number of rotatable bonds is 7. The largest absolute Gasteiger partial charge is 0.479 e. The topological polar surface area (TPSA) is 65.0 Å². The number of aliphatic carboxylic acids is 1. The molecule has 3 aromatic carbocycles. The molecule has 1 N–H and O–H groups in total. The zero-order chi connectivity index (χ0) is 17.5. The van der Waals surface area contributed by atoms with E-state index in [2.05, 4.69) is 0 Å². The van der Waals surface area contributed by atoms with E-state index in [9.17, 15) is 4.79 Å². The van der Waals surface area contributed by atoms with Gasteiger partial charge in [0.1, 0.15) is 5.75 Å². The molecule has 0 heterocycles. The quantitative estimate of drug-likeness (QED) is 0.675. The minimum absolute atomic E-state index is 0.347. The molecule has 0 aliphatic heterocycles. The lowest BCUT2D eigenvalue weighted by atomic mass is 10.3. The molecule has 0 radical (unpaired) electrons. The molecule has 5 heteroatoms. The Kier molecular flexibility index (Phi) is 5.16. The molecule has 0 unspecified atom stereocenters. The molecule has 0 saturated heterocycles. The lowest BCUT2D eigenvalue weighted by Gasteiger charge is -2.14. The van der Waals surface area contributed by atoms with Crippen LogP contribution in [0.25, 0.3) is 0 Å². The summed E-state index contributed by atoms with van der Waals surface area (Å²) in [6.07, 6.45) is 0. The summed E-state index contributed by atoms with van der Waals surface area (Å²) in [5.41, 5.74) is 0. The number of hydrogen-bond donors (Lipinski definition) is 1. The van der Waals surface area contributed by atoms with Crippen LogP contribution >= 0.6 is 0 Å². The van der Waals surface area contributed by atoms with Gasteiger partial charge in [0, 0.05) is 0 Å². The fraction of sp³-hybridized carbons (Fsp3) is 0.0500. The zero-order valence-electron chi connectivity index (χ0n) is 13.3. The molecule has 0 saturated carbocycles. The molecule has 3 rings (SSSR count). The van der Waals surface area contributed by atoms with Crippen molar-refractivity contribution >= 4 is 5.97 Å². The second-order valence-corrected chi connectivity index (χ2v) is 5.09. The standard InChI is InChI=1S/C20H16O5/c21-20(22)14-23-16-10-4-5-11-17(16)25-19-13-7-6-12-18(19)24-15-8-2-1-3-9-15/h1-13H,14H2,(H,21,22). The van der Waals surface area contributed by atoms with Crippen LogP contribution in [0.5, 0.6) is 28.7 Å². The Hall–Kier alpha value is -3.47. The number of carboxylic acids is 1. The van der Waals surface area contributed by atoms with Crippen molar-refractivity contribution < 1.29 is 24.1 Å². The highest BCUT2D eigenvalue weighted by Gasteiger charge is 2.11. The SMILES string of the molecule is O=C(O)COc1ccccc1Oc1ccccc1Oc1ccccc1. The van der Waals surface area contributed by atoms with E-state index in [-0.39, 0.29) is 0 Å². The third kappa shape index (κ3) is 4.51. The molecular weight excluding hydrogens is 320 g/mol. The Morgan fingerprint density at radius 2 is 1.16 bits per heavy atom. The molecule has 0 fully saturated rings. The van der Waals surface area contributed by atoms with Crippen molar-refractivity contribution in [1.29, 1.82) is 0 Å². The molecule has 0 atom stereocenters. The van der Waals surface area contributed by atoms with Crippen molar-refractivity contribution in [2.75, 3.05) is 6.61 Å². The van der Waals surface area contributed by atoms with Crippen molar-refractivity contribution in [2.24, 2.45) is 0 Å². The van der Waals surface area contributed by atoms with Gasteiger partial charge in [-0.05, 0) is 36.4 Å². The van der Waals surface area contributed by atoms with Crippen LogP contribution < -0.4 is 14.2 Å². The molecule has 0 aliphatic carbocycles. The lowest BCUT2D eigenvalue weighted by Crippen LogP contribution is -2.09. The van der Waals surface area contributed by atoms with E-state index in [0.29, 0.717) is 28.7 Å². The van der Waals surface area contributed by atoms with Gasteiger partial charge in [-0.15, -0.1) is 0 Å². The minimum atomic E-state index is -1.05. The Bertz CT molecular complexity index is 845. The number of carbonyl (C=O) groups is 1. The Morgan fingerprint density at radius 3 is 1.76 bits per heavy atom. The summed E-state index contributed by atoms with van der Waals surface area (Å²) in [5, 5.41) is 8.78. The van der Waals surface area contributed by atoms with Crippen LogP contribution in [0.15, 0.2) is 78.9 Å². The van der Waals surface area contributed by atoms with Gasteiger partial charge in [0.25, 0.3) is 0 Å². The summed E-state index contributed by atoms with van der Waals surface area (Å²) in [6, 6.07) is 23.5. The van der Waals surface area contributed by atoms with Gasteiger partial charge in [0.2, 0.25) is 0 Å². The maximum Gasteiger partial charge on any atom is 0.341 e. The summed E-state index contributed by atoms with van der Waals surface area (Å²) in [5.74, 6) is 1.43. The predicted octanol–water partition coefficient (Wildman–Crippen LogP) is 4.73. The lowest BCUT2D eigenvalue weighted by molar-refractivity contribution is -0.139. The second-order valence-electron chi connectivity index (χ2n) is 5.09. The molecule has 0 aliphatic rings. The van der Waals surface area contributed by atoms with Gasteiger partial charge in [-0.3, -0.25) is 0 Å². The summed E-state index contributed by atoms with van der Waals surface area (Å²) < 4.78 is 17.0. The first-order valence-corrected chi connectivity index (χ1v) is 7.66. The van der Waals surface area contributed by atoms with Crippen LogP contribution in [-0.4, -0.2) is 17.7 Å². The summed E-state index contributed by atoms with van der Waals surface area (Å²) in [6.45, 7) is -0.442. The van der Waals surface area contributed by atoms with Gasteiger partial charge >= 0.3 is 5.97 Å². The van der Waals surface area contributed by atoms with E-state index in [1.54, 1.807) is 36.4 Å². The maximum absolute atomic E-state index is 10.7. The van der Waals surface area contributed by atoms with Crippen LogP contribution in [-0.2, 0) is 4.79 Å². The minimum Gasteiger partial charge on any atom is -0.479 e. The van der Waals surface area contributed by atoms with Gasteiger partial charge < -0.3 is 19.3 Å². The molecule has 0 aromatic heterocycles. The molecule has 25 heavy (non-hydrogen) atoms. The molecular formula is C20H16O5. The summed E-state index contributed by atoms with van der Waals surface area (Å²) >= 11 is 0.